The van der Waals surface area contributed by atoms with Crippen LogP contribution in [0.5, 0.6) is 0 Å². The van der Waals surface area contributed by atoms with Crippen LogP contribution in [0.2, 0.25) is 0 Å². The van der Waals surface area contributed by atoms with Crippen molar-refractivity contribution in [2.75, 3.05) is 27.8 Å². The number of hydrogen-bond donors (Lipinski definition) is 4. The number of ketones is 3. The van der Waals surface area contributed by atoms with Gasteiger partial charge in [-0.3, -0.25) is 34.4 Å². The maximum Gasteiger partial charge on any atom is 0.333 e. The van der Waals surface area contributed by atoms with Crippen LogP contribution in [0.15, 0.2) is 47.6 Å². The van der Waals surface area contributed by atoms with Crippen molar-refractivity contribution in [2.45, 2.75) is 181 Å². The van der Waals surface area contributed by atoms with Gasteiger partial charge in [-0.15, -0.1) is 0 Å². The number of amides is 2. The molecule has 2 saturated heterocycles. The molecule has 0 unspecified atom stereocenters. The normalized spacial score (nSPS) is 37.2. The number of hydrogen-bond acceptors (Lipinski definition) is 17. The number of hydroxylamine groups is 4. The number of rotatable bonds is 8. The summed E-state index contributed by atoms with van der Waals surface area (Å²) in [7, 11) is 4.00. The molecule has 3 heterocycles. The van der Waals surface area contributed by atoms with E-state index in [0.29, 0.717) is 72.8 Å². The lowest BCUT2D eigenvalue weighted by molar-refractivity contribution is -0.306. The van der Waals surface area contributed by atoms with Crippen LogP contribution in [0.4, 0.5) is 0 Å². The zero-order valence-electron chi connectivity index (χ0n) is 44.8. The highest BCUT2D eigenvalue weighted by molar-refractivity contribution is 6.39. The van der Waals surface area contributed by atoms with Gasteiger partial charge < -0.3 is 38.9 Å². The van der Waals surface area contributed by atoms with Gasteiger partial charge in [0.25, 0.3) is 11.7 Å². The first-order valence-corrected chi connectivity index (χ1v) is 25.9. The molecule has 4 aliphatic rings. The second-order valence-corrected chi connectivity index (χ2v) is 21.2. The van der Waals surface area contributed by atoms with Crippen molar-refractivity contribution in [2.24, 2.45) is 41.4 Å². The lowest BCUT2D eigenvalue weighted by Gasteiger charge is -2.43. The molecule has 3 fully saturated rings. The summed E-state index contributed by atoms with van der Waals surface area (Å²) in [5.74, 6) is -11.3. The highest BCUT2D eigenvalue weighted by atomic mass is 16.9. The average Bonchev–Trinajstić information content (AvgIpc) is 3.34. The van der Waals surface area contributed by atoms with Crippen LogP contribution < -0.4 is 0 Å². The molecule has 0 aromatic rings. The minimum Gasteiger partial charge on any atom is -0.460 e. The molecule has 1 aliphatic carbocycles. The summed E-state index contributed by atoms with van der Waals surface area (Å²) < 4.78 is 23.7. The van der Waals surface area contributed by atoms with Crippen LogP contribution in [-0.2, 0) is 57.3 Å². The molecule has 1 saturated carbocycles. The number of nitrogens with zero attached hydrogens (tertiary/aromatic N) is 3. The molecule has 0 spiro atoms. The summed E-state index contributed by atoms with van der Waals surface area (Å²) in [6.07, 6.45) is 8.95. The molecule has 2 amide bonds. The Labute approximate surface area is 430 Å². The number of ether oxygens (including phenoxy) is 4. The molecular formula is C54H83N3O16. The zero-order valence-corrected chi connectivity index (χ0v) is 44.8. The quantitative estimate of drug-likeness (QED) is 0.0736. The Balaban J connectivity index is 1.74. The number of Topliss-reactive ketones (excluding diaryl/α,β-unsaturated/α-hetero) is 3. The SMILES string of the molecule is CO[C@@H]1C[C@H](C[C@@H](C)[C@@H]2CC(=O)[C@H](C)/C=C(\C)[C@@H](O)[C@@H](OC)C(=O)[C@H](C)C[C@H](C)\C=C/C=C/C=C(\C)[C@@H](N(O)C(C)=O)C[C@@H]3CC[C@@H](C)[C@@](O)(O3)C(=O)C(=O)N3CCCC[C@H]3C(=O)O2)CC[C@H]1C(=O)ON(C)O. The predicted molar refractivity (Wildman–Crippen MR) is 266 cm³/mol. The van der Waals surface area contributed by atoms with Crippen LogP contribution in [0.25, 0.3) is 0 Å². The van der Waals surface area contributed by atoms with E-state index in [9.17, 15) is 54.2 Å². The van der Waals surface area contributed by atoms with Gasteiger partial charge in [-0.2, -0.15) is 0 Å². The highest BCUT2D eigenvalue weighted by Gasteiger charge is 2.53. The van der Waals surface area contributed by atoms with Gasteiger partial charge in [0.15, 0.2) is 5.78 Å². The van der Waals surface area contributed by atoms with Crippen molar-refractivity contribution in [3.05, 3.63) is 47.6 Å². The van der Waals surface area contributed by atoms with E-state index in [2.05, 4.69) is 0 Å². The summed E-state index contributed by atoms with van der Waals surface area (Å²) in [4.78, 5) is 103. The third-order valence-electron chi connectivity index (χ3n) is 15.4. The molecule has 410 valence electrons. The van der Waals surface area contributed by atoms with Crippen LogP contribution in [0.3, 0.4) is 0 Å². The molecule has 19 heteroatoms. The minimum absolute atomic E-state index is 0.00746. The fourth-order valence-corrected chi connectivity index (χ4v) is 10.9. The van der Waals surface area contributed by atoms with E-state index in [0.717, 1.165) is 4.90 Å². The minimum atomic E-state index is -2.61. The monoisotopic (exact) mass is 1030 g/mol. The highest BCUT2D eigenvalue weighted by Crippen LogP contribution is 2.39. The number of methoxy groups -OCH3 is 2. The number of piperidine rings is 1. The fourth-order valence-electron chi connectivity index (χ4n) is 10.9. The summed E-state index contributed by atoms with van der Waals surface area (Å²) in [6, 6.07) is -2.19. The molecular weight excluding hydrogens is 947 g/mol. The Kier molecular flexibility index (Phi) is 23.3. The second kappa shape index (κ2) is 27.9. The first-order chi connectivity index (χ1) is 34.3. The molecule has 2 bridgehead atoms. The molecule has 15 atom stereocenters. The second-order valence-electron chi connectivity index (χ2n) is 21.2. The van der Waals surface area contributed by atoms with E-state index >= 15 is 0 Å². The Morgan fingerprint density at radius 2 is 1.60 bits per heavy atom. The fraction of sp³-hybridized carbons (Fsp3) is 0.722. The van der Waals surface area contributed by atoms with Gasteiger partial charge in [0.05, 0.1) is 31.2 Å². The van der Waals surface area contributed by atoms with Crippen LogP contribution in [0.1, 0.15) is 132 Å². The molecule has 0 aromatic carbocycles. The number of aliphatic hydroxyl groups is 2. The number of carbonyl (C=O) groups is 7. The number of carbonyl (C=O) groups excluding carboxylic acids is 7. The van der Waals surface area contributed by atoms with E-state index in [1.165, 1.54) is 28.2 Å². The van der Waals surface area contributed by atoms with Gasteiger partial charge in [0.1, 0.15) is 30.1 Å². The van der Waals surface area contributed by atoms with Gasteiger partial charge in [0, 0.05) is 58.3 Å². The van der Waals surface area contributed by atoms with E-state index < -0.39 is 108 Å². The van der Waals surface area contributed by atoms with E-state index in [1.807, 2.05) is 19.9 Å². The summed E-state index contributed by atoms with van der Waals surface area (Å²) in [6.45, 7) is 13.3. The van der Waals surface area contributed by atoms with Crippen molar-refractivity contribution in [3.63, 3.8) is 0 Å². The van der Waals surface area contributed by atoms with Gasteiger partial charge >= 0.3 is 11.9 Å². The zero-order chi connectivity index (χ0) is 54.5. The number of fused-ring (bicyclic) bond motifs is 3. The first-order valence-electron chi connectivity index (χ1n) is 25.9. The van der Waals surface area contributed by atoms with Gasteiger partial charge in [-0.1, -0.05) is 71.1 Å². The Morgan fingerprint density at radius 3 is 2.25 bits per heavy atom. The van der Waals surface area contributed by atoms with Crippen molar-refractivity contribution in [3.8, 4) is 0 Å². The molecule has 0 radical (unpaired) electrons. The summed E-state index contributed by atoms with van der Waals surface area (Å²) in [5, 5.41) is 45.0. The van der Waals surface area contributed by atoms with Crippen molar-refractivity contribution >= 4 is 41.1 Å². The topological polar surface area (TPSA) is 256 Å². The molecule has 4 N–H and O–H groups in total. The Hall–Kier alpha value is -4.47. The summed E-state index contributed by atoms with van der Waals surface area (Å²) >= 11 is 0. The van der Waals surface area contributed by atoms with Crippen molar-refractivity contribution in [1.82, 2.24) is 15.2 Å². The Morgan fingerprint density at radius 1 is 0.904 bits per heavy atom. The van der Waals surface area contributed by atoms with E-state index in [1.54, 1.807) is 65.0 Å². The largest absolute Gasteiger partial charge is 0.460 e. The lowest BCUT2D eigenvalue weighted by atomic mass is 9.75. The van der Waals surface area contributed by atoms with Crippen LogP contribution in [-0.4, -0.2) is 153 Å². The number of allylic oxidation sites excluding steroid dienone is 6. The molecule has 0 aromatic heterocycles. The molecule has 3 aliphatic heterocycles. The lowest BCUT2D eigenvalue weighted by Crippen LogP contribution is -2.61. The Bertz CT molecular complexity index is 2070. The standard InChI is InChI=1S/C54H83N3O16/c1-31-17-13-12-14-18-32(2)43(57(68)38(8)58)29-40-22-20-37(7)54(66,72-40)50(62)51(63)56-24-16-15-19-42(56)53(65)71-45(34(4)27-39-21-23-41(46(28-39)69-10)52(64)73-55(9)67)30-44(59)33(3)26-36(6)48(61)49(70-11)47(60)35(5)25-31/h12-14,17-18,26,31,33-35,37,39-43,45-46,48-49,61,66-68H,15-16,19-25,27-30H2,1-11H3/b14-12+,17-13-,32-18+,36-26+/t31-,33-,34-,35-,37-,39+,40+,41-,42+,43+,45+,46-,48-,49+,54-/m1/s1. The predicted octanol–water partition coefficient (Wildman–Crippen LogP) is 5.81. The maximum atomic E-state index is 14.5. The third kappa shape index (κ3) is 16.3. The number of cyclic esters (lactones) is 1. The van der Waals surface area contributed by atoms with Crippen LogP contribution >= 0.6 is 0 Å². The van der Waals surface area contributed by atoms with Gasteiger partial charge in [-0.05, 0) is 112 Å². The summed E-state index contributed by atoms with van der Waals surface area (Å²) in [5.41, 5.74) is 0.882. The maximum absolute atomic E-state index is 14.5. The van der Waals surface area contributed by atoms with E-state index in [4.69, 9.17) is 23.8 Å². The average molecular weight is 1030 g/mol. The van der Waals surface area contributed by atoms with Crippen LogP contribution in [0, 0.1) is 41.4 Å². The number of esters is 1. The molecule has 19 nitrogen and oxygen atoms in total. The third-order valence-corrected chi connectivity index (χ3v) is 15.4. The van der Waals surface area contributed by atoms with Gasteiger partial charge in [-0.25, -0.2) is 14.7 Å². The van der Waals surface area contributed by atoms with E-state index in [-0.39, 0.29) is 55.6 Å². The number of aliphatic hydroxyl groups excluding tert-OH is 1. The smallest absolute Gasteiger partial charge is 0.333 e. The first kappa shape index (κ1) is 61.1. The van der Waals surface area contributed by atoms with Crippen molar-refractivity contribution in [1.29, 1.82) is 0 Å². The van der Waals surface area contributed by atoms with Gasteiger partial charge in [0.2, 0.25) is 11.7 Å². The molecule has 4 rings (SSSR count). The van der Waals surface area contributed by atoms with Crippen molar-refractivity contribution < 1.29 is 78.0 Å². The molecule has 73 heavy (non-hydrogen) atoms.